The number of aromatic nitrogens is 2. The molecule has 1 rings (SSSR count). The van der Waals surface area contributed by atoms with Crippen molar-refractivity contribution in [3.05, 3.63) is 18.0 Å². The predicted molar refractivity (Wildman–Crippen MR) is 58.6 cm³/mol. The zero-order valence-electron chi connectivity index (χ0n) is 8.40. The van der Waals surface area contributed by atoms with Crippen LogP contribution in [0.4, 0.5) is 11.6 Å². The number of nitrogen functional groups attached to an aromatic ring is 2. The molecule has 80 valence electrons. The van der Waals surface area contributed by atoms with Gasteiger partial charge in [-0.05, 0) is 6.08 Å². The quantitative estimate of drug-likeness (QED) is 0.635. The van der Waals surface area contributed by atoms with Gasteiger partial charge in [0.05, 0.1) is 11.9 Å². The maximum absolute atomic E-state index is 10.5. The topological polar surface area (TPSA) is 107 Å². The molecule has 0 aliphatic rings. The maximum atomic E-state index is 10.5. The van der Waals surface area contributed by atoms with E-state index in [1.54, 1.807) is 12.2 Å². The lowest BCUT2D eigenvalue weighted by atomic mass is 10.4. The van der Waals surface area contributed by atoms with Gasteiger partial charge >= 0.3 is 0 Å². The summed E-state index contributed by atoms with van der Waals surface area (Å²) in [5.74, 6) is 0.341. The molecule has 0 spiro atoms. The van der Waals surface area contributed by atoms with Crippen LogP contribution in [0.1, 0.15) is 12.6 Å². The van der Waals surface area contributed by atoms with Gasteiger partial charge in [-0.3, -0.25) is 4.79 Å². The number of nitrogens with two attached hydrogens (primary N) is 2. The molecule has 0 bridgehead atoms. The second-order valence-electron chi connectivity index (χ2n) is 2.90. The van der Waals surface area contributed by atoms with Crippen LogP contribution in [-0.2, 0) is 4.79 Å². The Morgan fingerprint density at radius 1 is 1.53 bits per heavy atom. The smallest absolute Gasteiger partial charge is 0.217 e. The van der Waals surface area contributed by atoms with Crippen LogP contribution < -0.4 is 16.8 Å². The van der Waals surface area contributed by atoms with Crippen LogP contribution in [0, 0.1) is 0 Å². The molecule has 0 atom stereocenters. The molecule has 1 heterocycles. The van der Waals surface area contributed by atoms with Crippen LogP contribution in [0.2, 0.25) is 0 Å². The monoisotopic (exact) mass is 207 g/mol. The Morgan fingerprint density at radius 3 is 2.87 bits per heavy atom. The highest BCUT2D eigenvalue weighted by Gasteiger charge is 1.96. The molecular formula is C9H13N5O. The first-order chi connectivity index (χ1) is 7.09. The van der Waals surface area contributed by atoms with E-state index < -0.39 is 0 Å². The van der Waals surface area contributed by atoms with Gasteiger partial charge in [0.1, 0.15) is 0 Å². The van der Waals surface area contributed by atoms with Gasteiger partial charge in [0, 0.05) is 13.5 Å². The summed E-state index contributed by atoms with van der Waals surface area (Å²) < 4.78 is 0. The number of carbonyl (C=O) groups is 1. The average molecular weight is 207 g/mol. The van der Waals surface area contributed by atoms with Gasteiger partial charge < -0.3 is 16.8 Å². The van der Waals surface area contributed by atoms with Crippen molar-refractivity contribution in [2.24, 2.45) is 0 Å². The zero-order valence-corrected chi connectivity index (χ0v) is 8.40. The van der Waals surface area contributed by atoms with Crippen molar-refractivity contribution in [3.8, 4) is 0 Å². The Kier molecular flexibility index (Phi) is 3.61. The zero-order chi connectivity index (χ0) is 11.3. The molecule has 0 saturated heterocycles. The molecule has 5 N–H and O–H groups in total. The lowest BCUT2D eigenvalue weighted by Crippen LogP contribution is -2.19. The number of hydrogen-bond acceptors (Lipinski definition) is 5. The van der Waals surface area contributed by atoms with E-state index in [1.807, 2.05) is 0 Å². The van der Waals surface area contributed by atoms with Gasteiger partial charge in [-0.1, -0.05) is 6.08 Å². The molecule has 0 saturated carbocycles. The Balaban J connectivity index is 2.57. The molecule has 1 aromatic heterocycles. The largest absolute Gasteiger partial charge is 0.381 e. The molecule has 0 aliphatic carbocycles. The normalized spacial score (nSPS) is 10.5. The second-order valence-corrected chi connectivity index (χ2v) is 2.90. The predicted octanol–water partition coefficient (Wildman–Crippen LogP) is -0.210. The molecule has 0 fully saturated rings. The highest BCUT2D eigenvalue weighted by molar-refractivity contribution is 5.73. The third kappa shape index (κ3) is 3.63. The van der Waals surface area contributed by atoms with E-state index in [0.717, 1.165) is 0 Å². The molecule has 6 nitrogen and oxygen atoms in total. The van der Waals surface area contributed by atoms with Crippen LogP contribution in [0.3, 0.4) is 0 Å². The highest BCUT2D eigenvalue weighted by atomic mass is 16.1. The van der Waals surface area contributed by atoms with E-state index in [1.165, 1.54) is 13.1 Å². The summed E-state index contributed by atoms with van der Waals surface area (Å²) in [6.07, 6.45) is 4.97. The minimum absolute atomic E-state index is 0.0810. The van der Waals surface area contributed by atoms with Crippen LogP contribution in [0.25, 0.3) is 6.08 Å². The summed E-state index contributed by atoms with van der Waals surface area (Å²) in [6, 6.07) is 0. The van der Waals surface area contributed by atoms with E-state index in [9.17, 15) is 4.79 Å². The molecule has 0 unspecified atom stereocenters. The number of amides is 1. The number of anilines is 2. The van der Waals surface area contributed by atoms with Crippen LogP contribution in [-0.4, -0.2) is 22.4 Å². The summed E-state index contributed by atoms with van der Waals surface area (Å²) in [5.41, 5.74) is 11.5. The van der Waals surface area contributed by atoms with E-state index in [2.05, 4.69) is 15.3 Å². The van der Waals surface area contributed by atoms with Crippen LogP contribution in [0.5, 0.6) is 0 Å². The number of rotatable bonds is 3. The summed E-state index contributed by atoms with van der Waals surface area (Å²) in [5, 5.41) is 2.61. The summed E-state index contributed by atoms with van der Waals surface area (Å²) in [6.45, 7) is 1.90. The van der Waals surface area contributed by atoms with Gasteiger partial charge in [-0.2, -0.15) is 0 Å². The van der Waals surface area contributed by atoms with Crippen molar-refractivity contribution in [1.82, 2.24) is 15.3 Å². The van der Waals surface area contributed by atoms with Gasteiger partial charge in [0.2, 0.25) is 5.91 Å². The first kappa shape index (κ1) is 11.0. The number of nitrogens with zero attached hydrogens (tertiary/aromatic N) is 2. The van der Waals surface area contributed by atoms with Gasteiger partial charge in [0.25, 0.3) is 0 Å². The molecule has 15 heavy (non-hydrogen) atoms. The fraction of sp³-hybridized carbons (Fsp3) is 0.222. The number of nitrogens with one attached hydrogen (secondary N) is 1. The molecule has 0 aliphatic heterocycles. The first-order valence-corrected chi connectivity index (χ1v) is 4.38. The molecule has 0 radical (unpaired) electrons. The molecule has 6 heteroatoms. The van der Waals surface area contributed by atoms with Crippen LogP contribution >= 0.6 is 0 Å². The highest BCUT2D eigenvalue weighted by Crippen LogP contribution is 2.07. The minimum Gasteiger partial charge on any atom is -0.381 e. The van der Waals surface area contributed by atoms with E-state index in [-0.39, 0.29) is 17.5 Å². The van der Waals surface area contributed by atoms with Gasteiger partial charge in [-0.25, -0.2) is 9.97 Å². The lowest BCUT2D eigenvalue weighted by Gasteiger charge is -1.98. The number of carbonyl (C=O) groups excluding carboxylic acids is 1. The third-order valence-corrected chi connectivity index (χ3v) is 1.61. The number of hydrogen-bond donors (Lipinski definition) is 3. The molecular weight excluding hydrogens is 194 g/mol. The average Bonchev–Trinajstić information content (AvgIpc) is 2.18. The van der Waals surface area contributed by atoms with Crippen molar-refractivity contribution < 1.29 is 4.79 Å². The lowest BCUT2D eigenvalue weighted by molar-refractivity contribution is -0.118. The molecule has 1 amide bonds. The van der Waals surface area contributed by atoms with Crippen molar-refractivity contribution in [1.29, 1.82) is 0 Å². The molecule has 0 aromatic carbocycles. The Morgan fingerprint density at radius 2 is 2.27 bits per heavy atom. The van der Waals surface area contributed by atoms with Crippen LogP contribution in [0.15, 0.2) is 12.3 Å². The standard InChI is InChI=1S/C9H13N5O/c1-6(15)12-4-2-3-7-5-13-8(10)9(11)14-7/h2-3,5H,4H2,1H3,(H2,10,13)(H2,11,14)(H,12,15). The van der Waals surface area contributed by atoms with Crippen molar-refractivity contribution in [2.45, 2.75) is 6.92 Å². The summed E-state index contributed by atoms with van der Waals surface area (Å²) in [4.78, 5) is 18.4. The Labute approximate surface area is 87.4 Å². The van der Waals surface area contributed by atoms with Crippen molar-refractivity contribution in [2.75, 3.05) is 18.0 Å². The first-order valence-electron chi connectivity index (χ1n) is 4.38. The SMILES string of the molecule is CC(=O)NCC=Cc1cnc(N)c(N)n1. The maximum Gasteiger partial charge on any atom is 0.217 e. The minimum atomic E-state index is -0.0810. The Hall–Kier alpha value is -2.11. The van der Waals surface area contributed by atoms with E-state index in [0.29, 0.717) is 12.2 Å². The van der Waals surface area contributed by atoms with Gasteiger partial charge in [-0.15, -0.1) is 0 Å². The van der Waals surface area contributed by atoms with E-state index in [4.69, 9.17) is 11.5 Å². The van der Waals surface area contributed by atoms with E-state index >= 15 is 0 Å². The molecule has 1 aromatic rings. The summed E-state index contributed by atoms with van der Waals surface area (Å²) >= 11 is 0. The summed E-state index contributed by atoms with van der Waals surface area (Å²) in [7, 11) is 0. The van der Waals surface area contributed by atoms with Crippen molar-refractivity contribution >= 4 is 23.6 Å². The van der Waals surface area contributed by atoms with Gasteiger partial charge in [0.15, 0.2) is 11.6 Å². The fourth-order valence-corrected chi connectivity index (χ4v) is 0.890. The second kappa shape index (κ2) is 4.94. The third-order valence-electron chi connectivity index (χ3n) is 1.61. The fourth-order valence-electron chi connectivity index (χ4n) is 0.890. The Bertz CT molecular complexity index is 388. The van der Waals surface area contributed by atoms with Crippen molar-refractivity contribution in [3.63, 3.8) is 0 Å².